The molecule has 4 rings (SSSR count). The summed E-state index contributed by atoms with van der Waals surface area (Å²) in [5.74, 6) is -0.351. The van der Waals surface area contributed by atoms with Crippen molar-refractivity contribution in [3.8, 4) is 11.4 Å². The molecule has 1 saturated heterocycles. The summed E-state index contributed by atoms with van der Waals surface area (Å²) in [6, 6.07) is -0.332. The molecular formula is C20H23F5N8O2S. The zero-order chi connectivity index (χ0) is 26.3. The van der Waals surface area contributed by atoms with Gasteiger partial charge < -0.3 is 14.5 Å². The molecular weight excluding hydrogens is 511 g/mol. The minimum Gasteiger partial charge on any atom is -0.351 e. The quantitative estimate of drug-likeness (QED) is 0.464. The second-order valence-electron chi connectivity index (χ2n) is 8.56. The van der Waals surface area contributed by atoms with Crippen LogP contribution in [0.4, 0.5) is 27.9 Å². The van der Waals surface area contributed by atoms with E-state index in [1.165, 1.54) is 21.4 Å². The first kappa shape index (κ1) is 25.9. The van der Waals surface area contributed by atoms with E-state index in [1.54, 1.807) is 14.0 Å². The lowest BCUT2D eigenvalue weighted by Gasteiger charge is -2.36. The lowest BCUT2D eigenvalue weighted by molar-refractivity contribution is -0.137. The van der Waals surface area contributed by atoms with Crippen molar-refractivity contribution in [2.75, 3.05) is 18.4 Å². The van der Waals surface area contributed by atoms with Gasteiger partial charge in [0, 0.05) is 44.8 Å². The van der Waals surface area contributed by atoms with Crippen molar-refractivity contribution < 1.29 is 30.4 Å². The number of imidazole rings is 2. The van der Waals surface area contributed by atoms with Crippen LogP contribution in [0, 0.1) is 5.92 Å². The summed E-state index contributed by atoms with van der Waals surface area (Å²) in [4.78, 5) is 15.5. The van der Waals surface area contributed by atoms with E-state index in [1.807, 2.05) is 0 Å². The van der Waals surface area contributed by atoms with Crippen LogP contribution in [-0.4, -0.2) is 67.3 Å². The van der Waals surface area contributed by atoms with Crippen LogP contribution in [0.5, 0.6) is 0 Å². The third-order valence-corrected chi connectivity index (χ3v) is 7.54. The number of nitrogens with zero attached hydrogens (tertiary/aromatic N) is 7. The predicted molar refractivity (Wildman–Crippen MR) is 117 cm³/mol. The number of aromatic nitrogens is 6. The van der Waals surface area contributed by atoms with E-state index in [2.05, 4.69) is 25.3 Å². The van der Waals surface area contributed by atoms with E-state index in [-0.39, 0.29) is 41.7 Å². The SMILES string of the molecule is C[C@@H]1CN(S(=O)(=O)c2cn(C)cn2)CC[C@@H]1Nc1ncc(C(F)(F)F)c(-c2cn(CC(F)F)cn2)n1. The Hall–Kier alpha value is -3.14. The van der Waals surface area contributed by atoms with Crippen molar-refractivity contribution in [2.45, 2.75) is 43.6 Å². The Morgan fingerprint density at radius 3 is 2.53 bits per heavy atom. The van der Waals surface area contributed by atoms with Gasteiger partial charge in [0.1, 0.15) is 17.0 Å². The fourth-order valence-electron chi connectivity index (χ4n) is 3.96. The maximum absolute atomic E-state index is 13.6. The molecule has 1 aliphatic heterocycles. The van der Waals surface area contributed by atoms with Gasteiger partial charge >= 0.3 is 6.18 Å². The number of anilines is 1. The third kappa shape index (κ3) is 5.48. The molecule has 0 radical (unpaired) electrons. The van der Waals surface area contributed by atoms with Gasteiger partial charge in [-0.25, -0.2) is 37.1 Å². The average molecular weight is 535 g/mol. The lowest BCUT2D eigenvalue weighted by Crippen LogP contribution is -2.47. The van der Waals surface area contributed by atoms with Gasteiger partial charge in [-0.3, -0.25) is 0 Å². The summed E-state index contributed by atoms with van der Waals surface area (Å²) >= 11 is 0. The van der Waals surface area contributed by atoms with Crippen LogP contribution in [0.2, 0.25) is 0 Å². The van der Waals surface area contributed by atoms with E-state index < -0.39 is 40.4 Å². The Kier molecular flexibility index (Phi) is 7.01. The monoisotopic (exact) mass is 534 g/mol. The zero-order valence-corrected chi connectivity index (χ0v) is 20.0. The normalized spacial score (nSPS) is 19.7. The van der Waals surface area contributed by atoms with Gasteiger partial charge in [-0.05, 0) is 12.3 Å². The summed E-state index contributed by atoms with van der Waals surface area (Å²) in [6.45, 7) is 1.39. The van der Waals surface area contributed by atoms with Crippen LogP contribution in [0.25, 0.3) is 11.4 Å². The van der Waals surface area contributed by atoms with Crippen LogP contribution in [0.3, 0.4) is 0 Å². The molecule has 1 aliphatic rings. The summed E-state index contributed by atoms with van der Waals surface area (Å²) in [5, 5.41) is 2.92. The Balaban J connectivity index is 1.53. The molecule has 0 aliphatic carbocycles. The Morgan fingerprint density at radius 1 is 1.17 bits per heavy atom. The molecule has 3 aromatic heterocycles. The van der Waals surface area contributed by atoms with Gasteiger partial charge in [-0.15, -0.1) is 0 Å². The van der Waals surface area contributed by atoms with E-state index in [0.29, 0.717) is 12.6 Å². The molecule has 1 N–H and O–H groups in total. The topological polar surface area (TPSA) is 111 Å². The Morgan fingerprint density at radius 2 is 1.92 bits per heavy atom. The second-order valence-corrected chi connectivity index (χ2v) is 10.4. The van der Waals surface area contributed by atoms with Crippen LogP contribution in [-0.2, 0) is 29.8 Å². The fourth-order valence-corrected chi connectivity index (χ4v) is 5.48. The molecule has 3 aromatic rings. The van der Waals surface area contributed by atoms with E-state index in [4.69, 9.17) is 0 Å². The van der Waals surface area contributed by atoms with Crippen LogP contribution < -0.4 is 5.32 Å². The molecule has 0 spiro atoms. The molecule has 2 atom stereocenters. The smallest absolute Gasteiger partial charge is 0.351 e. The predicted octanol–water partition coefficient (Wildman–Crippen LogP) is 2.87. The van der Waals surface area contributed by atoms with E-state index in [9.17, 15) is 30.4 Å². The number of sulfonamides is 1. The number of nitrogens with one attached hydrogen (secondary N) is 1. The highest BCUT2D eigenvalue weighted by Gasteiger charge is 2.38. The second kappa shape index (κ2) is 9.72. The highest BCUT2D eigenvalue weighted by molar-refractivity contribution is 7.89. The van der Waals surface area contributed by atoms with Crippen molar-refractivity contribution in [1.29, 1.82) is 0 Å². The molecule has 16 heteroatoms. The largest absolute Gasteiger partial charge is 0.420 e. The number of hydrogen-bond acceptors (Lipinski definition) is 7. The molecule has 0 saturated carbocycles. The average Bonchev–Trinajstić information content (AvgIpc) is 3.43. The van der Waals surface area contributed by atoms with Crippen molar-refractivity contribution in [3.05, 3.63) is 36.8 Å². The molecule has 4 heterocycles. The van der Waals surface area contributed by atoms with Gasteiger partial charge in [-0.1, -0.05) is 6.92 Å². The Labute approximate surface area is 203 Å². The highest BCUT2D eigenvalue weighted by atomic mass is 32.2. The van der Waals surface area contributed by atoms with Crippen LogP contribution in [0.1, 0.15) is 18.9 Å². The molecule has 196 valence electrons. The van der Waals surface area contributed by atoms with Crippen molar-refractivity contribution in [2.24, 2.45) is 13.0 Å². The summed E-state index contributed by atoms with van der Waals surface area (Å²) < 4.78 is 95.6. The number of aryl methyl sites for hydroxylation is 1. The van der Waals surface area contributed by atoms with Gasteiger partial charge in [0.25, 0.3) is 16.4 Å². The number of alkyl halides is 5. The third-order valence-electron chi connectivity index (χ3n) is 5.79. The molecule has 0 amide bonds. The van der Waals surface area contributed by atoms with Crippen molar-refractivity contribution in [3.63, 3.8) is 0 Å². The molecule has 1 fully saturated rings. The summed E-state index contributed by atoms with van der Waals surface area (Å²) in [6.07, 6.45) is -1.67. The molecule has 10 nitrogen and oxygen atoms in total. The summed E-state index contributed by atoms with van der Waals surface area (Å²) in [5.41, 5.74) is -1.92. The maximum Gasteiger partial charge on any atom is 0.420 e. The summed E-state index contributed by atoms with van der Waals surface area (Å²) in [7, 11) is -2.13. The van der Waals surface area contributed by atoms with Gasteiger partial charge in [-0.2, -0.15) is 17.5 Å². The fraction of sp³-hybridized carbons (Fsp3) is 0.500. The van der Waals surface area contributed by atoms with Gasteiger partial charge in [0.2, 0.25) is 5.95 Å². The van der Waals surface area contributed by atoms with Gasteiger partial charge in [0.05, 0.1) is 19.2 Å². The highest BCUT2D eigenvalue weighted by Crippen LogP contribution is 2.36. The minimum absolute atomic E-state index is 0.0643. The van der Waals surface area contributed by atoms with Crippen LogP contribution >= 0.6 is 0 Å². The maximum atomic E-state index is 13.6. The molecule has 0 bridgehead atoms. The molecule has 0 unspecified atom stereocenters. The number of halogens is 5. The standard InChI is InChI=1S/C20H23F5N8O2S/c1-12-6-33(36(34,35)17-9-31(2)10-28-17)4-3-14(12)29-19-26-5-13(20(23,24)25)18(30-19)15-7-32(11-27-15)8-16(21)22/h5,7,9-12,14,16H,3-4,6,8H2,1-2H3,(H,26,29,30)/t12-,14+/m1/s1. The number of rotatable bonds is 7. The number of hydrogen-bond donors (Lipinski definition) is 1. The minimum atomic E-state index is -4.79. The van der Waals surface area contributed by atoms with Crippen molar-refractivity contribution in [1.82, 2.24) is 33.4 Å². The first-order valence-electron chi connectivity index (χ1n) is 10.8. The van der Waals surface area contributed by atoms with Crippen LogP contribution in [0.15, 0.2) is 36.3 Å². The van der Waals surface area contributed by atoms with Gasteiger partial charge in [0.15, 0.2) is 5.03 Å². The number of piperidine rings is 1. The molecule has 0 aromatic carbocycles. The first-order valence-corrected chi connectivity index (χ1v) is 12.3. The van der Waals surface area contributed by atoms with E-state index in [0.717, 1.165) is 17.1 Å². The zero-order valence-electron chi connectivity index (χ0n) is 19.2. The molecule has 36 heavy (non-hydrogen) atoms. The Bertz CT molecular complexity index is 1320. The lowest BCUT2D eigenvalue weighted by atomic mass is 9.95. The first-order chi connectivity index (χ1) is 16.8. The van der Waals surface area contributed by atoms with Crippen molar-refractivity contribution >= 4 is 16.0 Å². The van der Waals surface area contributed by atoms with E-state index >= 15 is 0 Å².